The van der Waals surface area contributed by atoms with Crippen molar-refractivity contribution < 1.29 is 18.3 Å². The van der Waals surface area contributed by atoms with Crippen molar-refractivity contribution in [2.24, 2.45) is 0 Å². The van der Waals surface area contributed by atoms with E-state index >= 15 is 0 Å². The molecule has 1 aromatic carbocycles. The highest BCUT2D eigenvalue weighted by Crippen LogP contribution is 2.30. The molecule has 1 aliphatic rings. The van der Waals surface area contributed by atoms with Crippen LogP contribution in [-0.2, 0) is 4.79 Å². The third kappa shape index (κ3) is 4.86. The summed E-state index contributed by atoms with van der Waals surface area (Å²) in [7, 11) is 1.53. The number of carbonyl (C=O) groups excluding carboxylic acids is 1. The van der Waals surface area contributed by atoms with Gasteiger partial charge in [-0.1, -0.05) is 0 Å². The lowest BCUT2D eigenvalue weighted by Gasteiger charge is -2.28. The van der Waals surface area contributed by atoms with Gasteiger partial charge in [-0.15, -0.1) is 0 Å². The van der Waals surface area contributed by atoms with Crippen LogP contribution < -0.4 is 25.6 Å². The standard InChI is InChI=1S/C23H20F2N8O2/c1-35-19-8-15(11-29-22(19)33-5-4-26-21(34)12-33)31-23-27-3-2-20(32-23)30-14-6-13-7-16(24)17(25)9-18(13)28-10-14/h2-3,6-11H,4-5,12H2,1H3,(H,26,34)(H2,27,30,31,32). The van der Waals surface area contributed by atoms with Gasteiger partial charge in [0.1, 0.15) is 5.82 Å². The highest BCUT2D eigenvalue weighted by Gasteiger charge is 2.21. The summed E-state index contributed by atoms with van der Waals surface area (Å²) in [5, 5.41) is 9.39. The number of piperazine rings is 1. The first kappa shape index (κ1) is 22.2. The van der Waals surface area contributed by atoms with Gasteiger partial charge in [0.05, 0.1) is 42.9 Å². The van der Waals surface area contributed by atoms with E-state index in [-0.39, 0.29) is 12.5 Å². The van der Waals surface area contributed by atoms with Crippen molar-refractivity contribution in [1.82, 2.24) is 25.3 Å². The zero-order valence-corrected chi connectivity index (χ0v) is 18.5. The fourth-order valence-corrected chi connectivity index (χ4v) is 3.67. The van der Waals surface area contributed by atoms with E-state index in [1.54, 1.807) is 30.6 Å². The molecule has 10 nitrogen and oxygen atoms in total. The summed E-state index contributed by atoms with van der Waals surface area (Å²) in [6.45, 7) is 1.37. The number of amides is 1. The number of hydrogen-bond acceptors (Lipinski definition) is 9. The topological polar surface area (TPSA) is 117 Å². The van der Waals surface area contributed by atoms with Crippen LogP contribution in [0.3, 0.4) is 0 Å². The molecule has 0 spiro atoms. The number of fused-ring (bicyclic) bond motifs is 1. The van der Waals surface area contributed by atoms with Crippen LogP contribution in [0, 0.1) is 11.6 Å². The predicted octanol–water partition coefficient (Wildman–Crippen LogP) is 3.13. The molecule has 0 saturated carbocycles. The van der Waals surface area contributed by atoms with Gasteiger partial charge in [0.2, 0.25) is 11.9 Å². The summed E-state index contributed by atoms with van der Waals surface area (Å²) in [5.41, 5.74) is 1.48. The number of hydrogen-bond donors (Lipinski definition) is 3. The lowest BCUT2D eigenvalue weighted by atomic mass is 10.2. The number of ether oxygens (including phenoxy) is 1. The van der Waals surface area contributed by atoms with Crippen molar-refractivity contribution in [3.63, 3.8) is 0 Å². The number of benzene rings is 1. The molecule has 0 atom stereocenters. The largest absolute Gasteiger partial charge is 0.493 e. The Bertz CT molecular complexity index is 1420. The molecule has 12 heteroatoms. The number of carbonyl (C=O) groups is 1. The molecule has 35 heavy (non-hydrogen) atoms. The average Bonchev–Trinajstić information content (AvgIpc) is 2.85. The van der Waals surface area contributed by atoms with Crippen molar-refractivity contribution in [3.05, 3.63) is 60.6 Å². The minimum atomic E-state index is -0.946. The van der Waals surface area contributed by atoms with E-state index in [0.717, 1.165) is 12.1 Å². The van der Waals surface area contributed by atoms with Crippen LogP contribution in [0.2, 0.25) is 0 Å². The van der Waals surface area contributed by atoms with Crippen LogP contribution in [0.4, 0.5) is 37.7 Å². The first-order chi connectivity index (χ1) is 17.0. The van der Waals surface area contributed by atoms with Crippen LogP contribution in [0.25, 0.3) is 10.9 Å². The molecule has 0 aliphatic carbocycles. The lowest BCUT2D eigenvalue weighted by molar-refractivity contribution is -0.120. The van der Waals surface area contributed by atoms with E-state index in [1.165, 1.54) is 13.3 Å². The SMILES string of the molecule is COc1cc(Nc2nccc(Nc3cnc4cc(F)c(F)cc4c3)n2)cnc1N1CCNC(=O)C1. The predicted molar refractivity (Wildman–Crippen MR) is 126 cm³/mol. The second-order valence-corrected chi connectivity index (χ2v) is 7.72. The molecule has 3 N–H and O–H groups in total. The van der Waals surface area contributed by atoms with Crippen molar-refractivity contribution in [1.29, 1.82) is 0 Å². The monoisotopic (exact) mass is 478 g/mol. The van der Waals surface area contributed by atoms with Crippen LogP contribution in [0.1, 0.15) is 0 Å². The number of halogens is 2. The normalized spacial score (nSPS) is 13.5. The Morgan fingerprint density at radius 1 is 1.03 bits per heavy atom. The Hall–Kier alpha value is -4.61. The van der Waals surface area contributed by atoms with Gasteiger partial charge in [-0.25, -0.2) is 18.7 Å². The summed E-state index contributed by atoms with van der Waals surface area (Å²) in [4.78, 5) is 30.8. The summed E-state index contributed by atoms with van der Waals surface area (Å²) in [6, 6.07) is 7.20. The minimum Gasteiger partial charge on any atom is -0.493 e. The maximum Gasteiger partial charge on any atom is 0.239 e. The van der Waals surface area contributed by atoms with Crippen LogP contribution in [0.15, 0.2) is 48.9 Å². The van der Waals surface area contributed by atoms with Crippen molar-refractivity contribution in [2.45, 2.75) is 0 Å². The van der Waals surface area contributed by atoms with E-state index in [1.807, 2.05) is 4.90 Å². The van der Waals surface area contributed by atoms with E-state index < -0.39 is 11.6 Å². The molecular weight excluding hydrogens is 458 g/mol. The van der Waals surface area contributed by atoms with Crippen molar-refractivity contribution in [3.8, 4) is 5.75 Å². The lowest BCUT2D eigenvalue weighted by Crippen LogP contribution is -2.48. The summed E-state index contributed by atoms with van der Waals surface area (Å²) in [5.74, 6) is -0.123. The van der Waals surface area contributed by atoms with Gasteiger partial charge in [0.25, 0.3) is 0 Å². The number of nitrogens with zero attached hydrogens (tertiary/aromatic N) is 5. The van der Waals surface area contributed by atoms with Crippen LogP contribution in [-0.4, -0.2) is 52.6 Å². The zero-order valence-electron chi connectivity index (χ0n) is 18.5. The second kappa shape index (κ2) is 9.33. The van der Waals surface area contributed by atoms with Gasteiger partial charge in [-0.3, -0.25) is 9.78 Å². The number of anilines is 5. The Kier molecular flexibility index (Phi) is 5.92. The number of rotatable bonds is 6. The highest BCUT2D eigenvalue weighted by molar-refractivity contribution is 5.83. The molecule has 0 radical (unpaired) electrons. The second-order valence-electron chi connectivity index (χ2n) is 7.72. The van der Waals surface area contributed by atoms with E-state index in [0.29, 0.717) is 58.7 Å². The quantitative estimate of drug-likeness (QED) is 0.384. The Morgan fingerprint density at radius 3 is 2.66 bits per heavy atom. The van der Waals surface area contributed by atoms with Crippen LogP contribution in [0.5, 0.6) is 5.75 Å². The fraction of sp³-hybridized carbons (Fsp3) is 0.174. The first-order valence-electron chi connectivity index (χ1n) is 10.7. The Balaban J connectivity index is 1.33. The smallest absolute Gasteiger partial charge is 0.239 e. The van der Waals surface area contributed by atoms with E-state index in [9.17, 15) is 13.6 Å². The maximum absolute atomic E-state index is 13.6. The molecule has 0 bridgehead atoms. The van der Waals surface area contributed by atoms with Gasteiger partial charge >= 0.3 is 0 Å². The average molecular weight is 478 g/mol. The first-order valence-corrected chi connectivity index (χ1v) is 10.7. The molecule has 4 heterocycles. The number of aromatic nitrogens is 4. The summed E-state index contributed by atoms with van der Waals surface area (Å²) >= 11 is 0. The summed E-state index contributed by atoms with van der Waals surface area (Å²) in [6.07, 6.45) is 4.67. The van der Waals surface area contributed by atoms with Gasteiger partial charge in [0.15, 0.2) is 23.2 Å². The number of methoxy groups -OCH3 is 1. The van der Waals surface area contributed by atoms with Gasteiger partial charge < -0.3 is 25.6 Å². The molecule has 178 valence electrons. The molecule has 1 amide bonds. The zero-order chi connectivity index (χ0) is 24.4. The molecule has 3 aromatic heterocycles. The van der Waals surface area contributed by atoms with Gasteiger partial charge in [-0.05, 0) is 18.2 Å². The third-order valence-corrected chi connectivity index (χ3v) is 5.30. The molecule has 1 fully saturated rings. The fourth-order valence-electron chi connectivity index (χ4n) is 3.67. The maximum atomic E-state index is 13.6. The Labute approximate surface area is 198 Å². The highest BCUT2D eigenvalue weighted by atomic mass is 19.2. The van der Waals surface area contributed by atoms with Gasteiger partial charge in [-0.2, -0.15) is 4.98 Å². The van der Waals surface area contributed by atoms with E-state index in [4.69, 9.17) is 4.74 Å². The van der Waals surface area contributed by atoms with Gasteiger partial charge in [0, 0.05) is 36.8 Å². The van der Waals surface area contributed by atoms with Crippen LogP contribution >= 0.6 is 0 Å². The summed E-state index contributed by atoms with van der Waals surface area (Å²) < 4.78 is 32.5. The minimum absolute atomic E-state index is 0.0704. The molecule has 5 rings (SSSR count). The molecule has 1 aliphatic heterocycles. The van der Waals surface area contributed by atoms with Crippen molar-refractivity contribution >= 4 is 45.8 Å². The van der Waals surface area contributed by atoms with E-state index in [2.05, 4.69) is 35.9 Å². The third-order valence-electron chi connectivity index (χ3n) is 5.30. The molecule has 1 saturated heterocycles. The number of nitrogens with one attached hydrogen (secondary N) is 3. The number of pyridine rings is 2. The molecule has 4 aromatic rings. The molecular formula is C23H20F2N8O2. The molecule has 0 unspecified atom stereocenters. The Morgan fingerprint density at radius 2 is 1.83 bits per heavy atom. The van der Waals surface area contributed by atoms with Crippen molar-refractivity contribution in [2.75, 3.05) is 42.3 Å².